The molecule has 7 nitrogen and oxygen atoms in total. The van der Waals surface area contributed by atoms with Crippen LogP contribution in [0, 0.1) is 6.92 Å². The quantitative estimate of drug-likeness (QED) is 0.533. The molecule has 5 rings (SSSR count). The Balaban J connectivity index is 0.00000274. The maximum atomic E-state index is 12.7. The van der Waals surface area contributed by atoms with Gasteiger partial charge in [0, 0.05) is 42.4 Å². The van der Waals surface area contributed by atoms with E-state index >= 15 is 0 Å². The maximum Gasteiger partial charge on any atom is 0.246 e. The lowest BCUT2D eigenvalue weighted by atomic mass is 9.97. The molecule has 1 aliphatic carbocycles. The van der Waals surface area contributed by atoms with Gasteiger partial charge in [0.05, 0.1) is 12.1 Å². The van der Waals surface area contributed by atoms with Gasteiger partial charge < -0.3 is 14.6 Å². The summed E-state index contributed by atoms with van der Waals surface area (Å²) in [6.45, 7) is 2.98. The molecular weight excluding hydrogens is 452 g/mol. The number of carbonyl (C=O) groups excluding carboxylic acids is 2. The molecule has 1 fully saturated rings. The summed E-state index contributed by atoms with van der Waals surface area (Å²) in [5.41, 5.74) is 3.14. The van der Waals surface area contributed by atoms with Crippen molar-refractivity contribution in [2.45, 2.75) is 51.2 Å². The first-order chi connectivity index (χ1) is 15.9. The van der Waals surface area contributed by atoms with Gasteiger partial charge in [0.15, 0.2) is 0 Å². The lowest BCUT2D eigenvalue weighted by Crippen LogP contribution is -2.50. The van der Waals surface area contributed by atoms with E-state index in [1.807, 2.05) is 37.3 Å². The SMILES string of the molecule is Cc1c(CN(C)C(=O)/C=C/c2cnc3c(c2)CNC2(CCCC2)C(=O)N3)oc2ccccc12.Cl. The highest BCUT2D eigenvalue weighted by Crippen LogP contribution is 2.33. The van der Waals surface area contributed by atoms with Crippen LogP contribution >= 0.6 is 12.4 Å². The molecule has 0 atom stereocenters. The summed E-state index contributed by atoms with van der Waals surface area (Å²) in [6.07, 6.45) is 8.80. The molecule has 3 heterocycles. The molecule has 1 spiro atoms. The van der Waals surface area contributed by atoms with Gasteiger partial charge in [-0.2, -0.15) is 0 Å². The number of hydrogen-bond acceptors (Lipinski definition) is 5. The lowest BCUT2D eigenvalue weighted by molar-refractivity contribution is -0.125. The Morgan fingerprint density at radius 3 is 2.79 bits per heavy atom. The van der Waals surface area contributed by atoms with Gasteiger partial charge in [-0.05, 0) is 43.5 Å². The number of rotatable bonds is 4. The van der Waals surface area contributed by atoms with Crippen molar-refractivity contribution in [3.8, 4) is 0 Å². The molecule has 0 saturated heterocycles. The second kappa shape index (κ2) is 9.60. The third-order valence-corrected chi connectivity index (χ3v) is 6.85. The second-order valence-corrected chi connectivity index (χ2v) is 9.05. The van der Waals surface area contributed by atoms with Crippen LogP contribution in [0.2, 0.25) is 0 Å². The number of likely N-dealkylation sites (N-methyl/N-ethyl adjacent to an activating group) is 1. The highest BCUT2D eigenvalue weighted by atomic mass is 35.5. The molecule has 8 heteroatoms. The topological polar surface area (TPSA) is 87.5 Å². The van der Waals surface area contributed by atoms with E-state index in [1.54, 1.807) is 30.3 Å². The fraction of sp³-hybridized carbons (Fsp3) is 0.346. The predicted octanol–water partition coefficient (Wildman–Crippen LogP) is 4.58. The Hall–Kier alpha value is -3.16. The Bertz CT molecular complexity index is 1260. The minimum absolute atomic E-state index is 0. The summed E-state index contributed by atoms with van der Waals surface area (Å²) >= 11 is 0. The van der Waals surface area contributed by atoms with Crippen molar-refractivity contribution in [3.63, 3.8) is 0 Å². The van der Waals surface area contributed by atoms with E-state index in [4.69, 9.17) is 4.42 Å². The summed E-state index contributed by atoms with van der Waals surface area (Å²) in [5, 5.41) is 7.51. The molecule has 0 radical (unpaired) electrons. The molecule has 2 aromatic heterocycles. The molecular formula is C26H29ClN4O3. The summed E-state index contributed by atoms with van der Waals surface area (Å²) in [5.74, 6) is 1.26. The van der Waals surface area contributed by atoms with Crippen LogP contribution in [0.4, 0.5) is 5.82 Å². The van der Waals surface area contributed by atoms with Gasteiger partial charge in [-0.3, -0.25) is 14.9 Å². The van der Waals surface area contributed by atoms with Crippen LogP contribution in [0.15, 0.2) is 47.0 Å². The summed E-state index contributed by atoms with van der Waals surface area (Å²) in [6, 6.07) is 9.85. The van der Waals surface area contributed by atoms with E-state index in [9.17, 15) is 9.59 Å². The van der Waals surface area contributed by atoms with Crippen molar-refractivity contribution in [1.29, 1.82) is 0 Å². The van der Waals surface area contributed by atoms with Crippen molar-refractivity contribution in [3.05, 3.63) is 65.1 Å². The fourth-order valence-electron chi connectivity index (χ4n) is 4.79. The Morgan fingerprint density at radius 1 is 1.26 bits per heavy atom. The third kappa shape index (κ3) is 4.45. The largest absolute Gasteiger partial charge is 0.459 e. The van der Waals surface area contributed by atoms with Crippen molar-refractivity contribution in [2.24, 2.45) is 0 Å². The van der Waals surface area contributed by atoms with Crippen LogP contribution in [-0.4, -0.2) is 34.3 Å². The molecule has 178 valence electrons. The zero-order valence-electron chi connectivity index (χ0n) is 19.4. The smallest absolute Gasteiger partial charge is 0.246 e. The minimum atomic E-state index is -0.482. The average molecular weight is 481 g/mol. The fourth-order valence-corrected chi connectivity index (χ4v) is 4.79. The number of aromatic nitrogens is 1. The number of furan rings is 1. The normalized spacial score (nSPS) is 16.8. The van der Waals surface area contributed by atoms with Crippen LogP contribution in [0.5, 0.6) is 0 Å². The number of amides is 2. The summed E-state index contributed by atoms with van der Waals surface area (Å²) < 4.78 is 5.94. The first kappa shape index (κ1) is 24.0. The molecule has 2 N–H and O–H groups in total. The van der Waals surface area contributed by atoms with Crippen LogP contribution in [0.3, 0.4) is 0 Å². The average Bonchev–Trinajstić information content (AvgIpc) is 3.39. The van der Waals surface area contributed by atoms with E-state index in [1.165, 1.54) is 0 Å². The number of benzene rings is 1. The van der Waals surface area contributed by atoms with Gasteiger partial charge in [0.2, 0.25) is 11.8 Å². The molecule has 0 unspecified atom stereocenters. The number of halogens is 1. The molecule has 2 aliphatic rings. The highest BCUT2D eigenvalue weighted by Gasteiger charge is 2.42. The van der Waals surface area contributed by atoms with Gasteiger partial charge in [-0.15, -0.1) is 12.4 Å². The number of anilines is 1. The number of aryl methyl sites for hydroxylation is 1. The van der Waals surface area contributed by atoms with Crippen molar-refractivity contribution < 1.29 is 14.0 Å². The van der Waals surface area contributed by atoms with Gasteiger partial charge in [-0.25, -0.2) is 4.98 Å². The molecule has 34 heavy (non-hydrogen) atoms. The zero-order valence-corrected chi connectivity index (χ0v) is 20.2. The van der Waals surface area contributed by atoms with E-state index < -0.39 is 5.54 Å². The number of carbonyl (C=O) groups is 2. The first-order valence-electron chi connectivity index (χ1n) is 11.4. The number of nitrogens with one attached hydrogen (secondary N) is 2. The van der Waals surface area contributed by atoms with Gasteiger partial charge >= 0.3 is 0 Å². The minimum Gasteiger partial charge on any atom is -0.459 e. The number of hydrogen-bond donors (Lipinski definition) is 2. The number of pyridine rings is 1. The molecule has 1 aliphatic heterocycles. The molecule has 1 aromatic carbocycles. The van der Waals surface area contributed by atoms with E-state index in [0.29, 0.717) is 18.9 Å². The van der Waals surface area contributed by atoms with E-state index in [-0.39, 0.29) is 24.2 Å². The molecule has 1 saturated carbocycles. The highest BCUT2D eigenvalue weighted by molar-refractivity contribution is 5.99. The Kier molecular flexibility index (Phi) is 6.77. The number of para-hydroxylation sites is 1. The predicted molar refractivity (Wildman–Crippen MR) is 135 cm³/mol. The number of fused-ring (bicyclic) bond motifs is 2. The standard InChI is InChI=1S/C26H28N4O3.ClH/c1-17-20-7-3-4-8-21(20)33-22(17)16-30(2)23(31)10-9-18-13-19-15-28-26(11-5-6-12-26)25(32)29-24(19)27-14-18;/h3-4,7-10,13-14,28H,5-6,11-12,15-16H2,1-2H3,(H,27,29,32);1H/b10-9+;. The van der Waals surface area contributed by atoms with Crippen LogP contribution in [0.1, 0.15) is 48.1 Å². The van der Waals surface area contributed by atoms with Crippen molar-refractivity contribution >= 4 is 47.1 Å². The maximum absolute atomic E-state index is 12.7. The van der Waals surface area contributed by atoms with Gasteiger partial charge in [0.25, 0.3) is 0 Å². The van der Waals surface area contributed by atoms with Crippen LogP contribution in [0.25, 0.3) is 17.0 Å². The first-order valence-corrected chi connectivity index (χ1v) is 11.4. The number of nitrogens with zero attached hydrogens (tertiary/aromatic N) is 2. The van der Waals surface area contributed by atoms with Crippen molar-refractivity contribution in [2.75, 3.05) is 12.4 Å². The van der Waals surface area contributed by atoms with Crippen molar-refractivity contribution in [1.82, 2.24) is 15.2 Å². The van der Waals surface area contributed by atoms with Crippen LogP contribution < -0.4 is 10.6 Å². The van der Waals surface area contributed by atoms with Gasteiger partial charge in [0.1, 0.15) is 17.2 Å². The Morgan fingerprint density at radius 2 is 2.03 bits per heavy atom. The molecule has 3 aromatic rings. The van der Waals surface area contributed by atoms with E-state index in [2.05, 4.69) is 15.6 Å². The Labute approximate surface area is 205 Å². The van der Waals surface area contributed by atoms with Crippen LogP contribution in [-0.2, 0) is 22.7 Å². The van der Waals surface area contributed by atoms with Gasteiger partial charge in [-0.1, -0.05) is 31.0 Å². The third-order valence-electron chi connectivity index (χ3n) is 6.85. The van der Waals surface area contributed by atoms with E-state index in [0.717, 1.165) is 59.1 Å². The molecule has 2 amide bonds. The lowest BCUT2D eigenvalue weighted by Gasteiger charge is -2.26. The second-order valence-electron chi connectivity index (χ2n) is 9.05. The summed E-state index contributed by atoms with van der Waals surface area (Å²) in [7, 11) is 1.76. The monoisotopic (exact) mass is 480 g/mol. The zero-order chi connectivity index (χ0) is 23.0. The molecule has 0 bridgehead atoms. The summed E-state index contributed by atoms with van der Waals surface area (Å²) in [4.78, 5) is 31.5.